The Balaban J connectivity index is 2.03. The van der Waals surface area contributed by atoms with Crippen LogP contribution in [0.5, 0.6) is 5.75 Å². The number of hydrogen-bond acceptors (Lipinski definition) is 4. The first kappa shape index (κ1) is 20.4. The minimum absolute atomic E-state index is 0.234. The van der Waals surface area contributed by atoms with E-state index in [1.54, 1.807) is 24.3 Å². The van der Waals surface area contributed by atoms with E-state index in [0.29, 0.717) is 5.71 Å². The average molecular weight is 425 g/mol. The lowest BCUT2D eigenvalue weighted by atomic mass is 10.1. The van der Waals surface area contributed by atoms with Crippen molar-refractivity contribution in [2.75, 3.05) is 5.32 Å². The quantitative estimate of drug-likeness (QED) is 0.250. The highest BCUT2D eigenvalue weighted by molar-refractivity contribution is 9.10. The normalized spacial score (nSPS) is 13.1. The van der Waals surface area contributed by atoms with Gasteiger partial charge in [-0.1, -0.05) is 40.2 Å². The first-order valence-electron chi connectivity index (χ1n) is 8.35. The zero-order valence-corrected chi connectivity index (χ0v) is 16.8. The van der Waals surface area contributed by atoms with E-state index in [2.05, 4.69) is 26.2 Å². The number of hydrogen-bond donors (Lipinski definition) is 2. The SMILES string of the molecule is C\C(=C/C=C\C=C(/C)C(C=O)=Nc1cccc(Br)c1)Nc1ccc(O)cc1. The summed E-state index contributed by atoms with van der Waals surface area (Å²) in [4.78, 5) is 15.7. The molecule has 0 aliphatic heterocycles. The van der Waals surface area contributed by atoms with Gasteiger partial charge in [0.2, 0.25) is 0 Å². The lowest BCUT2D eigenvalue weighted by molar-refractivity contribution is -0.102. The number of benzene rings is 2. The highest BCUT2D eigenvalue weighted by atomic mass is 79.9. The lowest BCUT2D eigenvalue weighted by Crippen LogP contribution is -2.00. The number of nitrogens with one attached hydrogen (secondary N) is 1. The predicted octanol–water partition coefficient (Wildman–Crippen LogP) is 5.94. The molecule has 0 fully saturated rings. The molecule has 0 saturated heterocycles. The van der Waals surface area contributed by atoms with Crippen LogP contribution in [0.2, 0.25) is 0 Å². The van der Waals surface area contributed by atoms with Gasteiger partial charge in [0.05, 0.1) is 5.69 Å². The molecule has 0 radical (unpaired) electrons. The number of halogens is 1. The summed E-state index contributed by atoms with van der Waals surface area (Å²) < 4.78 is 0.914. The van der Waals surface area contributed by atoms with Crippen molar-refractivity contribution in [2.24, 2.45) is 4.99 Å². The van der Waals surface area contributed by atoms with Crippen molar-refractivity contribution in [2.45, 2.75) is 13.8 Å². The molecule has 0 heterocycles. The number of carbonyl (C=O) groups is 1. The molecular weight excluding hydrogens is 404 g/mol. The van der Waals surface area contributed by atoms with Gasteiger partial charge in [0, 0.05) is 15.9 Å². The molecular formula is C22H21BrN2O2. The number of aromatic hydroxyl groups is 1. The molecule has 5 heteroatoms. The average Bonchev–Trinajstić information content (AvgIpc) is 2.65. The number of carbonyl (C=O) groups excluding carboxylic acids is 1. The zero-order valence-electron chi connectivity index (χ0n) is 15.2. The zero-order chi connectivity index (χ0) is 19.6. The summed E-state index contributed by atoms with van der Waals surface area (Å²) in [6.07, 6.45) is 8.26. The van der Waals surface area contributed by atoms with Gasteiger partial charge in [-0.15, -0.1) is 0 Å². The van der Waals surface area contributed by atoms with E-state index in [0.717, 1.165) is 33.4 Å². The van der Waals surface area contributed by atoms with Crippen molar-refractivity contribution in [1.29, 1.82) is 0 Å². The number of aliphatic imine (C=N–C) groups is 1. The topological polar surface area (TPSA) is 61.7 Å². The minimum Gasteiger partial charge on any atom is -0.508 e. The Hall–Kier alpha value is -2.92. The molecule has 0 aliphatic carbocycles. The Morgan fingerprint density at radius 1 is 1.07 bits per heavy atom. The van der Waals surface area contributed by atoms with Gasteiger partial charge < -0.3 is 10.4 Å². The molecule has 0 unspecified atom stereocenters. The number of phenolic OH excluding ortho intramolecular Hbond substituents is 1. The van der Waals surface area contributed by atoms with Gasteiger partial charge in [-0.2, -0.15) is 0 Å². The number of rotatable bonds is 7. The van der Waals surface area contributed by atoms with Gasteiger partial charge in [-0.25, -0.2) is 4.99 Å². The largest absolute Gasteiger partial charge is 0.508 e. The van der Waals surface area contributed by atoms with Crippen LogP contribution in [0.4, 0.5) is 11.4 Å². The first-order chi connectivity index (χ1) is 13.0. The summed E-state index contributed by atoms with van der Waals surface area (Å²) in [6, 6.07) is 14.3. The predicted molar refractivity (Wildman–Crippen MR) is 116 cm³/mol. The van der Waals surface area contributed by atoms with Crippen molar-refractivity contribution in [1.82, 2.24) is 0 Å². The van der Waals surface area contributed by atoms with E-state index >= 15 is 0 Å². The molecule has 2 N–H and O–H groups in total. The van der Waals surface area contributed by atoms with Crippen LogP contribution in [0.25, 0.3) is 0 Å². The molecule has 0 atom stereocenters. The third kappa shape index (κ3) is 7.07. The lowest BCUT2D eigenvalue weighted by Gasteiger charge is -2.05. The van der Waals surface area contributed by atoms with Gasteiger partial charge in [-0.3, -0.25) is 4.79 Å². The van der Waals surface area contributed by atoms with Crippen molar-refractivity contribution in [3.8, 4) is 5.75 Å². The third-order valence-electron chi connectivity index (χ3n) is 3.59. The fraction of sp³-hybridized carbons (Fsp3) is 0.0909. The second-order valence-corrected chi connectivity index (χ2v) is 6.77. The fourth-order valence-corrected chi connectivity index (χ4v) is 2.58. The van der Waals surface area contributed by atoms with Crippen molar-refractivity contribution in [3.05, 3.63) is 88.6 Å². The molecule has 2 aromatic rings. The molecule has 0 saturated carbocycles. The van der Waals surface area contributed by atoms with Crippen molar-refractivity contribution >= 4 is 39.3 Å². The monoisotopic (exact) mass is 424 g/mol. The Morgan fingerprint density at radius 2 is 1.78 bits per heavy atom. The number of allylic oxidation sites excluding steroid dienone is 6. The van der Waals surface area contributed by atoms with Crippen LogP contribution in [0.3, 0.4) is 0 Å². The smallest absolute Gasteiger partial charge is 0.168 e. The summed E-state index contributed by atoms with van der Waals surface area (Å²) in [5.41, 5.74) is 3.73. The van der Waals surface area contributed by atoms with Crippen LogP contribution in [0.1, 0.15) is 13.8 Å². The molecule has 0 aromatic heterocycles. The minimum atomic E-state index is 0.234. The number of phenols is 1. The van der Waals surface area contributed by atoms with E-state index in [4.69, 9.17) is 0 Å². The number of nitrogens with zero attached hydrogens (tertiary/aromatic N) is 1. The van der Waals surface area contributed by atoms with Crippen LogP contribution < -0.4 is 5.32 Å². The molecule has 4 nitrogen and oxygen atoms in total. The number of anilines is 1. The van der Waals surface area contributed by atoms with Gasteiger partial charge in [0.25, 0.3) is 0 Å². The van der Waals surface area contributed by atoms with Crippen LogP contribution >= 0.6 is 15.9 Å². The van der Waals surface area contributed by atoms with Gasteiger partial charge in [0.15, 0.2) is 6.29 Å². The second kappa shape index (κ2) is 10.3. The first-order valence-corrected chi connectivity index (χ1v) is 9.15. The molecule has 0 spiro atoms. The number of aldehydes is 1. The fourth-order valence-electron chi connectivity index (χ4n) is 2.19. The summed E-state index contributed by atoms with van der Waals surface area (Å²) in [5, 5.41) is 12.5. The van der Waals surface area contributed by atoms with E-state index < -0.39 is 0 Å². The highest BCUT2D eigenvalue weighted by Crippen LogP contribution is 2.19. The molecule has 0 amide bonds. The van der Waals surface area contributed by atoms with Gasteiger partial charge in [-0.05, 0) is 68.0 Å². The molecule has 2 rings (SSSR count). The van der Waals surface area contributed by atoms with Crippen molar-refractivity contribution in [3.63, 3.8) is 0 Å². The van der Waals surface area contributed by atoms with Crippen molar-refractivity contribution < 1.29 is 9.90 Å². The Bertz CT molecular complexity index is 910. The van der Waals surface area contributed by atoms with E-state index in [-0.39, 0.29) is 5.75 Å². The summed E-state index contributed by atoms with van der Waals surface area (Å²) in [6.45, 7) is 3.79. The standard InChI is InChI=1S/C22H21BrN2O2/c1-16(22(15-26)25-20-9-5-8-18(23)14-20)6-3-4-7-17(2)24-19-10-12-21(27)13-11-19/h3-15,24,27H,1-2H3/b4-3-,16-6+,17-7+,25-22?. The van der Waals surface area contributed by atoms with Crippen LogP contribution in [0.15, 0.2) is 93.6 Å². The van der Waals surface area contributed by atoms with E-state index in [1.807, 2.05) is 62.4 Å². The molecule has 0 aliphatic rings. The summed E-state index contributed by atoms with van der Waals surface area (Å²) in [7, 11) is 0. The molecule has 2 aromatic carbocycles. The third-order valence-corrected chi connectivity index (χ3v) is 4.08. The summed E-state index contributed by atoms with van der Waals surface area (Å²) in [5.74, 6) is 0.234. The summed E-state index contributed by atoms with van der Waals surface area (Å²) >= 11 is 3.39. The maximum atomic E-state index is 11.4. The molecule has 138 valence electrons. The second-order valence-electron chi connectivity index (χ2n) is 5.85. The maximum absolute atomic E-state index is 11.4. The van der Waals surface area contributed by atoms with E-state index in [9.17, 15) is 9.90 Å². The molecule has 0 bridgehead atoms. The van der Waals surface area contributed by atoms with Crippen LogP contribution in [-0.2, 0) is 4.79 Å². The van der Waals surface area contributed by atoms with Gasteiger partial charge >= 0.3 is 0 Å². The Kier molecular flexibility index (Phi) is 7.77. The molecule has 27 heavy (non-hydrogen) atoms. The van der Waals surface area contributed by atoms with Crippen LogP contribution in [-0.4, -0.2) is 17.1 Å². The maximum Gasteiger partial charge on any atom is 0.168 e. The Morgan fingerprint density at radius 3 is 2.44 bits per heavy atom. The Labute approximate surface area is 167 Å². The van der Waals surface area contributed by atoms with Crippen LogP contribution in [0, 0.1) is 0 Å². The van der Waals surface area contributed by atoms with Gasteiger partial charge in [0.1, 0.15) is 11.5 Å². The highest BCUT2D eigenvalue weighted by Gasteiger charge is 2.00. The van der Waals surface area contributed by atoms with E-state index in [1.165, 1.54) is 0 Å².